The summed E-state index contributed by atoms with van der Waals surface area (Å²) in [6.45, 7) is 4.54. The van der Waals surface area contributed by atoms with E-state index in [0.717, 1.165) is 43.9 Å². The third-order valence-electron chi connectivity index (χ3n) is 4.34. The van der Waals surface area contributed by atoms with Crippen LogP contribution in [-0.4, -0.2) is 19.0 Å². The van der Waals surface area contributed by atoms with Gasteiger partial charge in [-0.1, -0.05) is 0 Å². The number of amides is 1. The summed E-state index contributed by atoms with van der Waals surface area (Å²) in [5, 5.41) is 6.35. The average molecular weight is 248 g/mol. The fourth-order valence-corrected chi connectivity index (χ4v) is 3.07. The molecule has 1 unspecified atom stereocenters. The lowest BCUT2D eigenvalue weighted by Crippen LogP contribution is -2.33. The van der Waals surface area contributed by atoms with Crippen LogP contribution in [0.1, 0.15) is 30.8 Å². The summed E-state index contributed by atoms with van der Waals surface area (Å²) in [5.41, 5.74) is 0.314. The van der Waals surface area contributed by atoms with Crippen molar-refractivity contribution in [2.45, 2.75) is 32.7 Å². The number of carbonyl (C=O) groups excluding carboxylic acids is 1. The number of furan rings is 1. The van der Waals surface area contributed by atoms with Crippen molar-refractivity contribution in [3.8, 4) is 0 Å². The van der Waals surface area contributed by atoms with E-state index in [-0.39, 0.29) is 11.8 Å². The average Bonchev–Trinajstić information content (AvgIpc) is 2.89. The van der Waals surface area contributed by atoms with Gasteiger partial charge in [0.1, 0.15) is 11.5 Å². The van der Waals surface area contributed by atoms with E-state index >= 15 is 0 Å². The zero-order chi connectivity index (χ0) is 12.6. The molecule has 18 heavy (non-hydrogen) atoms. The van der Waals surface area contributed by atoms with Crippen LogP contribution in [0.25, 0.3) is 0 Å². The smallest absolute Gasteiger partial charge is 0.224 e. The first kappa shape index (κ1) is 11.8. The largest absolute Gasteiger partial charge is 0.465 e. The number of hydrogen-bond acceptors (Lipinski definition) is 3. The Bertz CT molecular complexity index is 446. The van der Waals surface area contributed by atoms with Gasteiger partial charge in [0.25, 0.3) is 0 Å². The third kappa shape index (κ3) is 2.17. The Hall–Kier alpha value is -1.29. The fraction of sp³-hybridized carbons (Fsp3) is 0.643. The van der Waals surface area contributed by atoms with Gasteiger partial charge >= 0.3 is 0 Å². The van der Waals surface area contributed by atoms with E-state index < -0.39 is 0 Å². The lowest BCUT2D eigenvalue weighted by atomic mass is 9.92. The van der Waals surface area contributed by atoms with Gasteiger partial charge in [0.05, 0.1) is 6.54 Å². The van der Waals surface area contributed by atoms with Crippen molar-refractivity contribution in [3.05, 3.63) is 23.7 Å². The van der Waals surface area contributed by atoms with Crippen molar-refractivity contribution in [1.82, 2.24) is 10.6 Å². The van der Waals surface area contributed by atoms with Crippen molar-refractivity contribution in [3.63, 3.8) is 0 Å². The Labute approximate surface area is 107 Å². The Kier molecular flexibility index (Phi) is 2.90. The number of carbonyl (C=O) groups is 1. The molecular formula is C14H20N2O2. The highest BCUT2D eigenvalue weighted by Gasteiger charge is 2.57. The highest BCUT2D eigenvalue weighted by atomic mass is 16.3. The molecule has 1 amide bonds. The zero-order valence-electron chi connectivity index (χ0n) is 10.8. The van der Waals surface area contributed by atoms with Gasteiger partial charge in [0, 0.05) is 5.92 Å². The molecule has 0 radical (unpaired) electrons. The van der Waals surface area contributed by atoms with Gasteiger partial charge in [0.2, 0.25) is 5.91 Å². The van der Waals surface area contributed by atoms with Gasteiger partial charge in [0.15, 0.2) is 0 Å². The van der Waals surface area contributed by atoms with Crippen molar-refractivity contribution in [2.24, 2.45) is 11.3 Å². The fourth-order valence-electron chi connectivity index (χ4n) is 3.07. The van der Waals surface area contributed by atoms with E-state index in [9.17, 15) is 4.79 Å². The van der Waals surface area contributed by atoms with Gasteiger partial charge in [-0.15, -0.1) is 0 Å². The van der Waals surface area contributed by atoms with Crippen molar-refractivity contribution in [2.75, 3.05) is 13.1 Å². The summed E-state index contributed by atoms with van der Waals surface area (Å²) in [6, 6.07) is 3.84. The maximum atomic E-state index is 12.1. The SMILES string of the molecule is Cc1ccc(CNC(=O)C2CC23CCNCC3)o1. The van der Waals surface area contributed by atoms with Crippen LogP contribution in [0.3, 0.4) is 0 Å². The predicted octanol–water partition coefficient (Wildman–Crippen LogP) is 1.59. The van der Waals surface area contributed by atoms with Crippen molar-refractivity contribution >= 4 is 5.91 Å². The van der Waals surface area contributed by atoms with Gasteiger partial charge in [-0.3, -0.25) is 4.79 Å². The van der Waals surface area contributed by atoms with Crippen LogP contribution in [0, 0.1) is 18.3 Å². The molecule has 2 heterocycles. The Morgan fingerprint density at radius 1 is 1.50 bits per heavy atom. The van der Waals surface area contributed by atoms with Crippen LogP contribution in [0.4, 0.5) is 0 Å². The molecule has 1 saturated heterocycles. The predicted molar refractivity (Wildman–Crippen MR) is 67.9 cm³/mol. The number of piperidine rings is 1. The normalized spacial score (nSPS) is 25.1. The molecule has 2 fully saturated rings. The molecule has 2 aliphatic rings. The first-order valence-electron chi connectivity index (χ1n) is 6.73. The zero-order valence-corrected chi connectivity index (χ0v) is 10.8. The first-order valence-corrected chi connectivity index (χ1v) is 6.73. The summed E-state index contributed by atoms with van der Waals surface area (Å²) >= 11 is 0. The Morgan fingerprint density at radius 3 is 2.94 bits per heavy atom. The van der Waals surface area contributed by atoms with E-state index in [1.807, 2.05) is 19.1 Å². The molecule has 4 nitrogen and oxygen atoms in total. The number of hydrogen-bond donors (Lipinski definition) is 2. The summed E-state index contributed by atoms with van der Waals surface area (Å²) in [7, 11) is 0. The summed E-state index contributed by atoms with van der Waals surface area (Å²) in [5.74, 6) is 2.16. The standard InChI is InChI=1S/C14H20N2O2/c1-10-2-3-11(18-10)9-16-13(17)12-8-14(12)4-6-15-7-5-14/h2-3,12,15H,4-9H2,1H3,(H,16,17). The highest BCUT2D eigenvalue weighted by Crippen LogP contribution is 2.58. The molecule has 1 saturated carbocycles. The van der Waals surface area contributed by atoms with E-state index in [1.54, 1.807) is 0 Å². The summed E-state index contributed by atoms with van der Waals surface area (Å²) in [6.07, 6.45) is 3.35. The van der Waals surface area contributed by atoms with Crippen LogP contribution < -0.4 is 10.6 Å². The highest BCUT2D eigenvalue weighted by molar-refractivity contribution is 5.82. The number of rotatable bonds is 3. The lowest BCUT2D eigenvalue weighted by Gasteiger charge is -2.23. The van der Waals surface area contributed by atoms with E-state index in [0.29, 0.717) is 12.0 Å². The lowest BCUT2D eigenvalue weighted by molar-refractivity contribution is -0.123. The minimum absolute atomic E-state index is 0.200. The van der Waals surface area contributed by atoms with Crippen molar-refractivity contribution in [1.29, 1.82) is 0 Å². The van der Waals surface area contributed by atoms with E-state index in [2.05, 4.69) is 10.6 Å². The van der Waals surface area contributed by atoms with Crippen LogP contribution in [0.15, 0.2) is 16.5 Å². The third-order valence-corrected chi connectivity index (χ3v) is 4.34. The first-order chi connectivity index (χ1) is 8.70. The minimum atomic E-state index is 0.200. The molecule has 98 valence electrons. The monoisotopic (exact) mass is 248 g/mol. The molecule has 1 atom stereocenters. The molecule has 3 rings (SSSR count). The van der Waals surface area contributed by atoms with Gasteiger partial charge < -0.3 is 15.1 Å². The number of nitrogens with one attached hydrogen (secondary N) is 2. The molecule has 1 aromatic rings. The summed E-state index contributed by atoms with van der Waals surface area (Å²) < 4.78 is 5.45. The molecule has 0 aromatic carbocycles. The van der Waals surface area contributed by atoms with Crippen LogP contribution in [0.5, 0.6) is 0 Å². The quantitative estimate of drug-likeness (QED) is 0.854. The summed E-state index contributed by atoms with van der Waals surface area (Å²) in [4.78, 5) is 12.1. The maximum Gasteiger partial charge on any atom is 0.224 e. The maximum absolute atomic E-state index is 12.1. The molecule has 1 aliphatic carbocycles. The molecule has 1 spiro atoms. The number of aryl methyl sites for hydroxylation is 1. The Balaban J connectivity index is 1.51. The molecule has 2 N–H and O–H groups in total. The Morgan fingerprint density at radius 2 is 2.28 bits per heavy atom. The topological polar surface area (TPSA) is 54.3 Å². The molecular weight excluding hydrogens is 228 g/mol. The second-order valence-electron chi connectivity index (χ2n) is 5.60. The molecule has 1 aromatic heterocycles. The van der Waals surface area contributed by atoms with Crippen molar-refractivity contribution < 1.29 is 9.21 Å². The minimum Gasteiger partial charge on any atom is -0.465 e. The van der Waals surface area contributed by atoms with Crippen LogP contribution in [0.2, 0.25) is 0 Å². The van der Waals surface area contributed by atoms with Crippen LogP contribution in [-0.2, 0) is 11.3 Å². The van der Waals surface area contributed by atoms with Gasteiger partial charge in [-0.25, -0.2) is 0 Å². The molecule has 4 heteroatoms. The molecule has 1 aliphatic heterocycles. The van der Waals surface area contributed by atoms with Crippen LogP contribution >= 0.6 is 0 Å². The van der Waals surface area contributed by atoms with E-state index in [4.69, 9.17) is 4.42 Å². The van der Waals surface area contributed by atoms with Gasteiger partial charge in [-0.05, 0) is 56.8 Å². The second kappa shape index (κ2) is 4.43. The molecule has 0 bridgehead atoms. The second-order valence-corrected chi connectivity index (χ2v) is 5.60. The van der Waals surface area contributed by atoms with Gasteiger partial charge in [-0.2, -0.15) is 0 Å². The van der Waals surface area contributed by atoms with E-state index in [1.165, 1.54) is 0 Å².